The van der Waals surface area contributed by atoms with E-state index in [1.165, 1.54) is 16.7 Å². The third-order valence-electron chi connectivity index (χ3n) is 5.14. The topological polar surface area (TPSA) is 99.0 Å². The average Bonchev–Trinajstić information content (AvgIpc) is 3.11. The van der Waals surface area contributed by atoms with Crippen molar-refractivity contribution in [1.82, 2.24) is 19.1 Å². The number of H-pyrrole nitrogens is 1. The van der Waals surface area contributed by atoms with Crippen molar-refractivity contribution in [2.24, 2.45) is 0 Å². The van der Waals surface area contributed by atoms with Crippen LogP contribution in [0.15, 0.2) is 33.9 Å². The summed E-state index contributed by atoms with van der Waals surface area (Å²) in [5.41, 5.74) is -1.06. The summed E-state index contributed by atoms with van der Waals surface area (Å²) in [7, 11) is 0. The summed E-state index contributed by atoms with van der Waals surface area (Å²) in [6.07, 6.45) is -2.43. The maximum Gasteiger partial charge on any atom is 0.416 e. The SMILES string of the molecule is CCCCn1c(=O)[nH]c(=O)c2c1nc(COC(=O)Cc1ccc(C(F)(F)F)cc1)n2CCC. The van der Waals surface area contributed by atoms with Crippen LogP contribution < -0.4 is 11.2 Å². The highest BCUT2D eigenvalue weighted by Gasteiger charge is 2.30. The van der Waals surface area contributed by atoms with E-state index in [9.17, 15) is 27.6 Å². The number of hydrogen-bond acceptors (Lipinski definition) is 5. The van der Waals surface area contributed by atoms with Gasteiger partial charge in [0.15, 0.2) is 11.2 Å². The molecule has 0 fully saturated rings. The summed E-state index contributed by atoms with van der Waals surface area (Å²) in [6, 6.07) is 4.26. The molecule has 33 heavy (non-hydrogen) atoms. The van der Waals surface area contributed by atoms with Gasteiger partial charge in [0.2, 0.25) is 0 Å². The van der Waals surface area contributed by atoms with Crippen LogP contribution in [-0.4, -0.2) is 25.1 Å². The van der Waals surface area contributed by atoms with Crippen LogP contribution >= 0.6 is 0 Å². The number of fused-ring (bicyclic) bond motifs is 1. The van der Waals surface area contributed by atoms with Crippen LogP contribution in [0.5, 0.6) is 0 Å². The van der Waals surface area contributed by atoms with Crippen LogP contribution in [0.3, 0.4) is 0 Å². The molecule has 1 N–H and O–H groups in total. The molecule has 2 aromatic heterocycles. The number of imidazole rings is 1. The van der Waals surface area contributed by atoms with Gasteiger partial charge in [-0.3, -0.25) is 19.1 Å². The first-order valence-electron chi connectivity index (χ1n) is 10.7. The predicted octanol–water partition coefficient (Wildman–Crippen LogP) is 3.40. The van der Waals surface area contributed by atoms with Gasteiger partial charge in [0, 0.05) is 13.1 Å². The Labute approximate surface area is 187 Å². The molecule has 11 heteroatoms. The molecule has 0 aliphatic rings. The van der Waals surface area contributed by atoms with Gasteiger partial charge >= 0.3 is 17.8 Å². The van der Waals surface area contributed by atoms with Crippen LogP contribution in [-0.2, 0) is 41.8 Å². The number of alkyl halides is 3. The summed E-state index contributed by atoms with van der Waals surface area (Å²) in [5, 5.41) is 0. The third kappa shape index (κ3) is 5.52. The zero-order chi connectivity index (χ0) is 24.2. The fraction of sp³-hybridized carbons (Fsp3) is 0.455. The van der Waals surface area contributed by atoms with E-state index in [1.54, 1.807) is 4.57 Å². The van der Waals surface area contributed by atoms with Crippen molar-refractivity contribution >= 4 is 17.1 Å². The molecule has 0 saturated carbocycles. The molecule has 0 bridgehead atoms. The number of rotatable bonds is 9. The molecule has 0 radical (unpaired) electrons. The molecular weight excluding hydrogens is 441 g/mol. The van der Waals surface area contributed by atoms with Gasteiger partial charge in [-0.25, -0.2) is 9.78 Å². The fourth-order valence-electron chi connectivity index (χ4n) is 3.49. The first kappa shape index (κ1) is 24.3. The van der Waals surface area contributed by atoms with E-state index in [2.05, 4.69) is 9.97 Å². The van der Waals surface area contributed by atoms with Gasteiger partial charge in [0.05, 0.1) is 12.0 Å². The number of aromatic amines is 1. The number of nitrogens with one attached hydrogen (secondary N) is 1. The van der Waals surface area contributed by atoms with Crippen molar-refractivity contribution < 1.29 is 22.7 Å². The normalized spacial score (nSPS) is 11.8. The molecule has 3 aromatic rings. The van der Waals surface area contributed by atoms with Crippen molar-refractivity contribution in [3.8, 4) is 0 Å². The number of carbonyl (C=O) groups is 1. The van der Waals surface area contributed by atoms with Crippen LogP contribution in [0.4, 0.5) is 13.2 Å². The van der Waals surface area contributed by atoms with Crippen LogP contribution in [0.25, 0.3) is 11.2 Å². The van der Waals surface area contributed by atoms with Crippen molar-refractivity contribution in [3.05, 3.63) is 62.1 Å². The lowest BCUT2D eigenvalue weighted by Crippen LogP contribution is -2.31. The Hall–Kier alpha value is -3.37. The molecule has 0 spiro atoms. The Kier molecular flexibility index (Phi) is 7.39. The number of halogens is 3. The molecule has 0 aliphatic heterocycles. The van der Waals surface area contributed by atoms with Gasteiger partial charge in [-0.15, -0.1) is 0 Å². The van der Waals surface area contributed by atoms with Gasteiger partial charge < -0.3 is 9.30 Å². The maximum atomic E-state index is 12.7. The Bertz CT molecular complexity index is 1240. The second-order valence-electron chi connectivity index (χ2n) is 7.65. The highest BCUT2D eigenvalue weighted by molar-refractivity contribution is 5.73. The lowest BCUT2D eigenvalue weighted by molar-refractivity contribution is -0.144. The number of benzene rings is 1. The van der Waals surface area contributed by atoms with Crippen LogP contribution in [0.1, 0.15) is 50.1 Å². The molecule has 178 valence electrons. The van der Waals surface area contributed by atoms with Crippen molar-refractivity contribution in [2.45, 2.75) is 65.4 Å². The van der Waals surface area contributed by atoms with Gasteiger partial charge in [0.25, 0.3) is 5.56 Å². The minimum atomic E-state index is -4.45. The second-order valence-corrected chi connectivity index (χ2v) is 7.65. The smallest absolute Gasteiger partial charge is 0.416 e. The predicted molar refractivity (Wildman–Crippen MR) is 115 cm³/mol. The summed E-state index contributed by atoms with van der Waals surface area (Å²) in [4.78, 5) is 43.8. The highest BCUT2D eigenvalue weighted by Crippen LogP contribution is 2.29. The monoisotopic (exact) mass is 466 g/mol. The molecule has 1 aromatic carbocycles. The number of esters is 1. The number of aryl methyl sites for hydroxylation is 2. The standard InChI is InChI=1S/C22H25F3N4O4/c1-3-5-11-29-19-18(20(31)27-21(29)32)28(10-4-2)16(26-19)13-33-17(30)12-14-6-8-15(9-7-14)22(23,24)25/h6-9H,3-5,10-13H2,1-2H3,(H,27,31,32). The molecule has 0 amide bonds. The lowest BCUT2D eigenvalue weighted by atomic mass is 10.1. The summed E-state index contributed by atoms with van der Waals surface area (Å²) < 4.78 is 46.4. The zero-order valence-electron chi connectivity index (χ0n) is 18.4. The minimum Gasteiger partial charge on any atom is -0.457 e. The Balaban J connectivity index is 1.82. The van der Waals surface area contributed by atoms with E-state index in [0.717, 1.165) is 25.0 Å². The average molecular weight is 466 g/mol. The number of unbranched alkanes of at least 4 members (excludes halogenated alkanes) is 1. The first-order chi connectivity index (χ1) is 15.7. The van der Waals surface area contributed by atoms with E-state index in [4.69, 9.17) is 4.74 Å². The molecule has 0 aliphatic carbocycles. The molecule has 3 rings (SSSR count). The summed E-state index contributed by atoms with van der Waals surface area (Å²) >= 11 is 0. The molecule has 2 heterocycles. The van der Waals surface area contributed by atoms with E-state index in [1.807, 2.05) is 13.8 Å². The molecule has 0 unspecified atom stereocenters. The highest BCUT2D eigenvalue weighted by atomic mass is 19.4. The van der Waals surface area contributed by atoms with E-state index in [-0.39, 0.29) is 24.2 Å². The second kappa shape index (κ2) is 10.1. The van der Waals surface area contributed by atoms with Crippen molar-refractivity contribution in [3.63, 3.8) is 0 Å². The molecule has 0 atom stereocenters. The first-order valence-corrected chi connectivity index (χ1v) is 10.7. The van der Waals surface area contributed by atoms with Gasteiger partial charge in [-0.1, -0.05) is 32.4 Å². The number of hydrogen-bond donors (Lipinski definition) is 1. The summed E-state index contributed by atoms with van der Waals surface area (Å²) in [5.74, 6) is -0.337. The van der Waals surface area contributed by atoms with Crippen LogP contribution in [0.2, 0.25) is 0 Å². The molecule has 8 nitrogen and oxygen atoms in total. The van der Waals surface area contributed by atoms with Gasteiger partial charge in [0.1, 0.15) is 12.4 Å². The summed E-state index contributed by atoms with van der Waals surface area (Å²) in [6.45, 7) is 4.46. The van der Waals surface area contributed by atoms with E-state index < -0.39 is 29.0 Å². The van der Waals surface area contributed by atoms with E-state index in [0.29, 0.717) is 30.9 Å². The Morgan fingerprint density at radius 3 is 2.36 bits per heavy atom. The number of ether oxygens (including phenoxy) is 1. The lowest BCUT2D eigenvalue weighted by Gasteiger charge is -2.09. The third-order valence-corrected chi connectivity index (χ3v) is 5.14. The number of nitrogens with zero attached hydrogens (tertiary/aromatic N) is 3. The Morgan fingerprint density at radius 1 is 1.06 bits per heavy atom. The van der Waals surface area contributed by atoms with Crippen molar-refractivity contribution in [1.29, 1.82) is 0 Å². The minimum absolute atomic E-state index is 0.214. The van der Waals surface area contributed by atoms with E-state index >= 15 is 0 Å². The Morgan fingerprint density at radius 2 is 1.76 bits per heavy atom. The fourth-order valence-corrected chi connectivity index (χ4v) is 3.49. The van der Waals surface area contributed by atoms with Gasteiger partial charge in [-0.2, -0.15) is 13.2 Å². The zero-order valence-corrected chi connectivity index (χ0v) is 18.4. The number of aromatic nitrogens is 4. The number of carbonyl (C=O) groups excluding carboxylic acids is 1. The quantitative estimate of drug-likeness (QED) is 0.488. The van der Waals surface area contributed by atoms with Crippen molar-refractivity contribution in [2.75, 3.05) is 0 Å². The maximum absolute atomic E-state index is 12.7. The van der Waals surface area contributed by atoms with Crippen LogP contribution in [0, 0.1) is 0 Å². The molecule has 0 saturated heterocycles. The largest absolute Gasteiger partial charge is 0.457 e. The van der Waals surface area contributed by atoms with Gasteiger partial charge in [-0.05, 0) is 30.5 Å². The molecular formula is C22H25F3N4O4.